The minimum atomic E-state index is -0.190. The summed E-state index contributed by atoms with van der Waals surface area (Å²) in [6, 6.07) is 5.07. The molecule has 5 heteroatoms. The molecule has 0 spiro atoms. The van der Waals surface area contributed by atoms with Crippen LogP contribution in [0.15, 0.2) is 23.0 Å². The van der Waals surface area contributed by atoms with Crippen LogP contribution in [-0.4, -0.2) is 22.4 Å². The molecule has 0 bridgehead atoms. The number of ether oxygens (including phenoxy) is 2. The van der Waals surface area contributed by atoms with Gasteiger partial charge in [-0.2, -0.15) is 0 Å². The summed E-state index contributed by atoms with van der Waals surface area (Å²) in [5, 5.41) is 10.8. The molecule has 0 saturated heterocycles. The van der Waals surface area contributed by atoms with Crippen LogP contribution in [0.1, 0.15) is 66.2 Å². The quantitative estimate of drug-likeness (QED) is 0.545. The second-order valence-electron chi connectivity index (χ2n) is 7.25. The fourth-order valence-electron chi connectivity index (χ4n) is 3.11. The van der Waals surface area contributed by atoms with Gasteiger partial charge < -0.3 is 19.1 Å². The van der Waals surface area contributed by atoms with E-state index in [-0.39, 0.29) is 23.2 Å². The lowest BCUT2D eigenvalue weighted by Gasteiger charge is -2.20. The maximum Gasteiger partial charge on any atom is 0.297 e. The lowest BCUT2D eigenvalue weighted by atomic mass is 10.1. The smallest absolute Gasteiger partial charge is 0.297 e. The van der Waals surface area contributed by atoms with Gasteiger partial charge in [0.05, 0.1) is 18.2 Å². The van der Waals surface area contributed by atoms with Gasteiger partial charge in [0.2, 0.25) is 5.75 Å². The molecule has 0 aliphatic carbocycles. The Balaban J connectivity index is 2.58. The van der Waals surface area contributed by atoms with Gasteiger partial charge in [-0.3, -0.25) is 4.79 Å². The summed E-state index contributed by atoms with van der Waals surface area (Å²) in [5.74, 6) is 0.901. The zero-order valence-electron chi connectivity index (χ0n) is 17.1. The normalized spacial score (nSPS) is 11.3. The van der Waals surface area contributed by atoms with Crippen molar-refractivity contribution in [2.45, 2.75) is 78.9 Å². The van der Waals surface area contributed by atoms with Crippen molar-refractivity contribution in [3.05, 3.63) is 28.6 Å². The van der Waals surface area contributed by atoms with Crippen molar-refractivity contribution >= 4 is 10.9 Å². The van der Waals surface area contributed by atoms with E-state index in [1.165, 1.54) is 0 Å². The first-order valence-electron chi connectivity index (χ1n) is 10.2. The largest absolute Gasteiger partial charge is 0.508 e. The molecular formula is C22H33NO4. The average Bonchev–Trinajstić information content (AvgIpc) is 2.63. The van der Waals surface area contributed by atoms with Gasteiger partial charge in [-0.15, -0.1) is 0 Å². The molecule has 0 radical (unpaired) electrons. The topological polar surface area (TPSA) is 60.7 Å². The number of phenols is 1. The number of unbranched alkanes of at least 4 members (excludes halogenated alkanes) is 4. The molecule has 27 heavy (non-hydrogen) atoms. The highest BCUT2D eigenvalue weighted by Crippen LogP contribution is 2.35. The number of hydrogen-bond donors (Lipinski definition) is 1. The van der Waals surface area contributed by atoms with Crippen LogP contribution in [-0.2, 0) is 6.54 Å². The van der Waals surface area contributed by atoms with Crippen molar-refractivity contribution < 1.29 is 14.6 Å². The van der Waals surface area contributed by atoms with Crippen molar-refractivity contribution in [2.75, 3.05) is 6.61 Å². The van der Waals surface area contributed by atoms with E-state index < -0.39 is 0 Å². The molecular weight excluding hydrogens is 342 g/mol. The summed E-state index contributed by atoms with van der Waals surface area (Å²) in [4.78, 5) is 13.2. The van der Waals surface area contributed by atoms with Crippen LogP contribution >= 0.6 is 0 Å². The minimum absolute atomic E-state index is 0.130. The molecule has 1 aromatic carbocycles. The number of nitrogens with zero attached hydrogens (tertiary/aromatic N) is 1. The molecule has 2 aromatic rings. The molecule has 0 amide bonds. The predicted octanol–water partition coefficient (Wildman–Crippen LogP) is 5.25. The second kappa shape index (κ2) is 10.2. The number of phenolic OH excluding ortho intramolecular Hbond substituents is 1. The van der Waals surface area contributed by atoms with Crippen LogP contribution in [0.4, 0.5) is 0 Å². The van der Waals surface area contributed by atoms with Gasteiger partial charge in [0.25, 0.3) is 5.56 Å². The summed E-state index contributed by atoms with van der Waals surface area (Å²) in [6.45, 7) is 9.20. The van der Waals surface area contributed by atoms with E-state index in [0.717, 1.165) is 43.9 Å². The van der Waals surface area contributed by atoms with Crippen LogP contribution in [0.2, 0.25) is 0 Å². The number of pyridine rings is 1. The monoisotopic (exact) mass is 375 g/mol. The predicted molar refractivity (Wildman–Crippen MR) is 110 cm³/mol. The van der Waals surface area contributed by atoms with E-state index in [1.54, 1.807) is 22.8 Å². The third kappa shape index (κ3) is 5.41. The highest BCUT2D eigenvalue weighted by atomic mass is 16.5. The molecule has 0 aliphatic rings. The van der Waals surface area contributed by atoms with E-state index in [9.17, 15) is 9.90 Å². The third-order valence-electron chi connectivity index (χ3n) is 4.50. The molecule has 0 fully saturated rings. The minimum Gasteiger partial charge on any atom is -0.508 e. The van der Waals surface area contributed by atoms with E-state index in [2.05, 4.69) is 13.8 Å². The lowest BCUT2D eigenvalue weighted by molar-refractivity contribution is 0.216. The first-order chi connectivity index (χ1) is 13.0. The summed E-state index contributed by atoms with van der Waals surface area (Å²) in [7, 11) is 0. The zero-order valence-corrected chi connectivity index (χ0v) is 17.1. The van der Waals surface area contributed by atoms with E-state index in [4.69, 9.17) is 9.47 Å². The highest BCUT2D eigenvalue weighted by molar-refractivity contribution is 5.89. The number of fused-ring (bicyclic) bond motifs is 1. The van der Waals surface area contributed by atoms with Crippen molar-refractivity contribution in [2.24, 2.45) is 0 Å². The molecule has 150 valence electrons. The zero-order chi connectivity index (χ0) is 19.8. The molecule has 0 unspecified atom stereocenters. The maximum absolute atomic E-state index is 13.2. The van der Waals surface area contributed by atoms with Crippen molar-refractivity contribution in [3.63, 3.8) is 0 Å². The summed E-state index contributed by atoms with van der Waals surface area (Å²) in [5.41, 5.74) is 0.504. The van der Waals surface area contributed by atoms with Gasteiger partial charge in [-0.1, -0.05) is 39.5 Å². The molecule has 0 atom stereocenters. The Hall–Kier alpha value is -2.17. The summed E-state index contributed by atoms with van der Waals surface area (Å²) >= 11 is 0. The number of rotatable bonds is 11. The van der Waals surface area contributed by atoms with Crippen LogP contribution < -0.4 is 15.0 Å². The van der Waals surface area contributed by atoms with E-state index >= 15 is 0 Å². The number of benzene rings is 1. The standard InChI is InChI=1S/C22H33NO4/c1-5-7-9-10-13-23-19-15-17(24)11-12-18(19)20(26-14-8-6-2)21(22(23)25)27-16(3)4/h11-12,15-16,24H,5-10,13-14H2,1-4H3. The first-order valence-corrected chi connectivity index (χ1v) is 10.2. The SMILES string of the molecule is CCCCCCn1c(=O)c(OC(C)C)c(OCCCC)c2ccc(O)cc21. The Morgan fingerprint density at radius 3 is 2.44 bits per heavy atom. The van der Waals surface area contributed by atoms with Gasteiger partial charge in [0.15, 0.2) is 5.75 Å². The molecule has 5 nitrogen and oxygen atoms in total. The Kier molecular flexibility index (Phi) is 8.01. The van der Waals surface area contributed by atoms with Crippen molar-refractivity contribution in [1.29, 1.82) is 0 Å². The average molecular weight is 376 g/mol. The number of aromatic nitrogens is 1. The van der Waals surface area contributed by atoms with Crippen molar-refractivity contribution in [3.8, 4) is 17.2 Å². The molecule has 1 aromatic heterocycles. The van der Waals surface area contributed by atoms with Gasteiger partial charge >= 0.3 is 0 Å². The van der Waals surface area contributed by atoms with Gasteiger partial charge in [-0.05, 0) is 38.8 Å². The molecule has 0 saturated carbocycles. The maximum atomic E-state index is 13.2. The Labute approximate surface area is 161 Å². The summed E-state index contributed by atoms with van der Waals surface area (Å²) in [6.07, 6.45) is 6.05. The second-order valence-corrected chi connectivity index (χ2v) is 7.25. The third-order valence-corrected chi connectivity index (χ3v) is 4.50. The fourth-order valence-corrected chi connectivity index (χ4v) is 3.11. The Bertz CT molecular complexity index is 795. The number of aromatic hydroxyl groups is 1. The van der Waals surface area contributed by atoms with Crippen molar-refractivity contribution in [1.82, 2.24) is 4.57 Å². The van der Waals surface area contributed by atoms with Gasteiger partial charge in [0.1, 0.15) is 5.75 Å². The Morgan fingerprint density at radius 1 is 1.04 bits per heavy atom. The fraction of sp³-hybridized carbons (Fsp3) is 0.591. The molecule has 1 heterocycles. The number of hydrogen-bond acceptors (Lipinski definition) is 4. The number of aryl methyl sites for hydroxylation is 1. The van der Waals surface area contributed by atoms with Gasteiger partial charge in [0, 0.05) is 18.0 Å². The van der Waals surface area contributed by atoms with E-state index in [0.29, 0.717) is 24.4 Å². The first kappa shape index (κ1) is 21.1. The van der Waals surface area contributed by atoms with Crippen LogP contribution in [0, 0.1) is 0 Å². The Morgan fingerprint density at radius 2 is 1.78 bits per heavy atom. The lowest BCUT2D eigenvalue weighted by Crippen LogP contribution is -2.25. The summed E-state index contributed by atoms with van der Waals surface area (Å²) < 4.78 is 13.6. The van der Waals surface area contributed by atoms with E-state index in [1.807, 2.05) is 13.8 Å². The van der Waals surface area contributed by atoms with Crippen LogP contribution in [0.5, 0.6) is 17.2 Å². The van der Waals surface area contributed by atoms with Gasteiger partial charge in [-0.25, -0.2) is 0 Å². The molecule has 2 rings (SSSR count). The molecule has 1 N–H and O–H groups in total. The highest BCUT2D eigenvalue weighted by Gasteiger charge is 2.21. The van der Waals surface area contributed by atoms with Crippen LogP contribution in [0.3, 0.4) is 0 Å². The molecule has 0 aliphatic heterocycles. The van der Waals surface area contributed by atoms with Crippen LogP contribution in [0.25, 0.3) is 10.9 Å².